The summed E-state index contributed by atoms with van der Waals surface area (Å²) in [6.07, 6.45) is 3.59. The van der Waals surface area contributed by atoms with Crippen LogP contribution in [0.1, 0.15) is 24.8 Å². The van der Waals surface area contributed by atoms with Gasteiger partial charge in [0.1, 0.15) is 5.75 Å². The van der Waals surface area contributed by atoms with Crippen molar-refractivity contribution in [2.45, 2.75) is 30.2 Å². The van der Waals surface area contributed by atoms with Crippen molar-refractivity contribution in [1.29, 1.82) is 0 Å². The van der Waals surface area contributed by atoms with Crippen molar-refractivity contribution in [3.8, 4) is 5.75 Å². The molecule has 0 atom stereocenters. The third kappa shape index (κ3) is 1.93. The lowest BCUT2D eigenvalue weighted by atomic mass is 9.93. The molecule has 1 aliphatic carbocycles. The van der Waals surface area contributed by atoms with E-state index in [-0.39, 0.29) is 10.6 Å². The van der Waals surface area contributed by atoms with Crippen LogP contribution in [0, 0.1) is 0 Å². The Kier molecular flexibility index (Phi) is 2.68. The second-order valence-corrected chi connectivity index (χ2v) is 6.64. The minimum Gasteiger partial charge on any atom is -0.508 e. The summed E-state index contributed by atoms with van der Waals surface area (Å²) in [7, 11) is -3.38. The van der Waals surface area contributed by atoms with Gasteiger partial charge in [-0.3, -0.25) is 0 Å². The molecule has 1 saturated carbocycles. The fraction of sp³-hybridized carbons (Fsp3) is 0.385. The third-order valence-corrected chi connectivity index (χ3v) is 5.15. The molecule has 1 heterocycles. The Hall–Kier alpha value is -1.33. The molecule has 5 heteroatoms. The van der Waals surface area contributed by atoms with E-state index in [4.69, 9.17) is 0 Å². The molecule has 3 rings (SSSR count). The summed E-state index contributed by atoms with van der Waals surface area (Å²) in [5, 5.41) is 14.0. The van der Waals surface area contributed by atoms with Crippen molar-refractivity contribution in [3.05, 3.63) is 29.2 Å². The van der Waals surface area contributed by atoms with Crippen LogP contribution in [0.15, 0.2) is 28.5 Å². The zero-order valence-electron chi connectivity index (χ0n) is 9.89. The highest BCUT2D eigenvalue weighted by Gasteiger charge is 2.28. The Bertz CT molecular complexity index is 615. The Morgan fingerprint density at radius 1 is 1.33 bits per heavy atom. The first-order valence-corrected chi connectivity index (χ1v) is 7.63. The molecule has 0 saturated heterocycles. The molecule has 18 heavy (non-hydrogen) atoms. The summed E-state index contributed by atoms with van der Waals surface area (Å²) >= 11 is 0. The van der Waals surface area contributed by atoms with E-state index < -0.39 is 9.84 Å². The van der Waals surface area contributed by atoms with Gasteiger partial charge in [-0.1, -0.05) is 6.42 Å². The predicted molar refractivity (Wildman–Crippen MR) is 68.9 cm³/mol. The quantitative estimate of drug-likeness (QED) is 0.872. The highest BCUT2D eigenvalue weighted by atomic mass is 32.2. The molecule has 2 N–H and O–H groups in total. The van der Waals surface area contributed by atoms with Gasteiger partial charge in [-0.25, -0.2) is 8.42 Å². The molecule has 1 aliphatic heterocycles. The Morgan fingerprint density at radius 3 is 2.78 bits per heavy atom. The Morgan fingerprint density at radius 2 is 2.11 bits per heavy atom. The molecule has 96 valence electrons. The number of sulfone groups is 1. The standard InChI is InChI=1S/C13H15NO3S/c15-11-4-5-12-9(7-14-10-2-1-3-10)8-18(16,17)13(12)6-11/h4-6,8,10,14-15H,1-3,7H2. The van der Waals surface area contributed by atoms with Crippen molar-refractivity contribution in [1.82, 2.24) is 5.32 Å². The van der Waals surface area contributed by atoms with Gasteiger partial charge in [0.05, 0.1) is 4.90 Å². The van der Waals surface area contributed by atoms with Gasteiger partial charge < -0.3 is 10.4 Å². The lowest BCUT2D eigenvalue weighted by molar-refractivity contribution is 0.353. The summed E-state index contributed by atoms with van der Waals surface area (Å²) in [6.45, 7) is 0.571. The van der Waals surface area contributed by atoms with E-state index in [0.717, 1.165) is 5.57 Å². The zero-order chi connectivity index (χ0) is 12.8. The monoisotopic (exact) mass is 265 g/mol. The van der Waals surface area contributed by atoms with Crippen LogP contribution in [-0.2, 0) is 9.84 Å². The molecule has 4 nitrogen and oxygen atoms in total. The maximum Gasteiger partial charge on any atom is 0.200 e. The number of fused-ring (bicyclic) bond motifs is 1. The second kappa shape index (κ2) is 4.10. The van der Waals surface area contributed by atoms with E-state index in [9.17, 15) is 13.5 Å². The maximum absolute atomic E-state index is 11.9. The van der Waals surface area contributed by atoms with Gasteiger partial charge >= 0.3 is 0 Å². The number of hydrogen-bond donors (Lipinski definition) is 2. The van der Waals surface area contributed by atoms with E-state index in [1.165, 1.54) is 36.8 Å². The van der Waals surface area contributed by atoms with Crippen LogP contribution >= 0.6 is 0 Å². The number of phenolic OH excluding ortho intramolecular Hbond substituents is 1. The van der Waals surface area contributed by atoms with Crippen molar-refractivity contribution >= 4 is 15.4 Å². The smallest absolute Gasteiger partial charge is 0.200 e. The molecule has 0 unspecified atom stereocenters. The van der Waals surface area contributed by atoms with Crippen molar-refractivity contribution in [2.75, 3.05) is 6.54 Å². The number of rotatable bonds is 3. The summed E-state index contributed by atoms with van der Waals surface area (Å²) < 4.78 is 23.9. The van der Waals surface area contributed by atoms with E-state index in [1.807, 2.05) is 0 Å². The number of benzene rings is 1. The molecule has 0 radical (unpaired) electrons. The van der Waals surface area contributed by atoms with Crippen LogP contribution in [0.2, 0.25) is 0 Å². The Balaban J connectivity index is 1.88. The van der Waals surface area contributed by atoms with E-state index in [0.29, 0.717) is 18.2 Å². The summed E-state index contributed by atoms with van der Waals surface area (Å²) in [6, 6.07) is 5.03. The predicted octanol–water partition coefficient (Wildman–Crippen LogP) is 1.66. The highest BCUT2D eigenvalue weighted by molar-refractivity contribution is 7.95. The fourth-order valence-electron chi connectivity index (χ4n) is 2.33. The molecule has 0 aromatic heterocycles. The first-order valence-electron chi connectivity index (χ1n) is 6.09. The van der Waals surface area contributed by atoms with Crippen LogP contribution in [0.4, 0.5) is 0 Å². The van der Waals surface area contributed by atoms with Crippen LogP contribution in [0.5, 0.6) is 5.75 Å². The van der Waals surface area contributed by atoms with Crippen LogP contribution in [0.25, 0.3) is 5.57 Å². The first kappa shape index (κ1) is 11.7. The van der Waals surface area contributed by atoms with Gasteiger partial charge in [0.15, 0.2) is 0 Å². The van der Waals surface area contributed by atoms with Crippen molar-refractivity contribution in [3.63, 3.8) is 0 Å². The molecule has 0 spiro atoms. The minimum atomic E-state index is -3.38. The average Bonchev–Trinajstić information content (AvgIpc) is 2.48. The molecule has 0 amide bonds. The minimum absolute atomic E-state index is 0.0149. The molecule has 2 aliphatic rings. The zero-order valence-corrected chi connectivity index (χ0v) is 10.7. The molecule has 1 aromatic carbocycles. The van der Waals surface area contributed by atoms with E-state index >= 15 is 0 Å². The van der Waals surface area contributed by atoms with Crippen LogP contribution in [0.3, 0.4) is 0 Å². The maximum atomic E-state index is 11.9. The van der Waals surface area contributed by atoms with Gasteiger partial charge in [0, 0.05) is 18.0 Å². The molecular weight excluding hydrogens is 250 g/mol. The van der Waals surface area contributed by atoms with E-state index in [2.05, 4.69) is 5.32 Å². The summed E-state index contributed by atoms with van der Waals surface area (Å²) in [4.78, 5) is 0.216. The summed E-state index contributed by atoms with van der Waals surface area (Å²) in [5.41, 5.74) is 1.50. The molecule has 0 bridgehead atoms. The first-order chi connectivity index (χ1) is 8.56. The fourth-order valence-corrected chi connectivity index (χ4v) is 3.83. The number of phenols is 1. The Labute approximate surface area is 106 Å². The van der Waals surface area contributed by atoms with Gasteiger partial charge in [-0.15, -0.1) is 0 Å². The van der Waals surface area contributed by atoms with Crippen molar-refractivity contribution < 1.29 is 13.5 Å². The van der Waals surface area contributed by atoms with Gasteiger partial charge in [0.2, 0.25) is 9.84 Å². The second-order valence-electron chi connectivity index (χ2n) is 4.88. The molecule has 1 fully saturated rings. The van der Waals surface area contributed by atoms with Crippen LogP contribution < -0.4 is 5.32 Å². The summed E-state index contributed by atoms with van der Waals surface area (Å²) in [5.74, 6) is -0.0149. The number of hydrogen-bond acceptors (Lipinski definition) is 4. The largest absolute Gasteiger partial charge is 0.508 e. The number of aromatic hydroxyl groups is 1. The SMILES string of the molecule is O=S1(=O)C=C(CNC2CCC2)c2ccc(O)cc21. The molecule has 1 aromatic rings. The normalized spacial score (nSPS) is 21.2. The van der Waals surface area contributed by atoms with Crippen LogP contribution in [-0.4, -0.2) is 26.1 Å². The highest BCUT2D eigenvalue weighted by Crippen LogP contribution is 2.35. The lowest BCUT2D eigenvalue weighted by Gasteiger charge is -2.26. The molecular formula is C13H15NO3S. The number of nitrogens with one attached hydrogen (secondary N) is 1. The topological polar surface area (TPSA) is 66.4 Å². The average molecular weight is 265 g/mol. The van der Waals surface area contributed by atoms with Gasteiger partial charge in [-0.05, 0) is 42.2 Å². The van der Waals surface area contributed by atoms with Gasteiger partial charge in [-0.2, -0.15) is 0 Å². The van der Waals surface area contributed by atoms with E-state index in [1.54, 1.807) is 6.07 Å². The van der Waals surface area contributed by atoms with Crippen molar-refractivity contribution in [2.24, 2.45) is 0 Å². The van der Waals surface area contributed by atoms with Gasteiger partial charge in [0.25, 0.3) is 0 Å². The third-order valence-electron chi connectivity index (χ3n) is 3.60. The lowest BCUT2D eigenvalue weighted by Crippen LogP contribution is -2.35.